The van der Waals surface area contributed by atoms with Gasteiger partial charge in [-0.2, -0.15) is 0 Å². The van der Waals surface area contributed by atoms with Gasteiger partial charge < -0.3 is 19.5 Å². The standard InChI is InChI=1S/C16H24N2O5/c1-4-23-10-6-9-18(11-12(2)16(20)21)15(19)13-7-5-8-17-14(13)22-3/h5,7-8,12H,4,6,9-11H2,1-3H3,(H,20,21). The van der Waals surface area contributed by atoms with Crippen LogP contribution in [0.3, 0.4) is 0 Å². The number of aromatic nitrogens is 1. The van der Waals surface area contributed by atoms with Crippen molar-refractivity contribution in [1.29, 1.82) is 0 Å². The Balaban J connectivity index is 2.87. The Labute approximate surface area is 136 Å². The number of pyridine rings is 1. The van der Waals surface area contributed by atoms with Gasteiger partial charge in [0.15, 0.2) is 0 Å². The van der Waals surface area contributed by atoms with Crippen LogP contribution in [0.5, 0.6) is 5.88 Å². The van der Waals surface area contributed by atoms with Crippen molar-refractivity contribution in [3.05, 3.63) is 23.9 Å². The molecule has 23 heavy (non-hydrogen) atoms. The molecule has 0 spiro atoms. The molecular weight excluding hydrogens is 300 g/mol. The molecule has 0 fully saturated rings. The van der Waals surface area contributed by atoms with Crippen LogP contribution in [-0.4, -0.2) is 60.3 Å². The number of carbonyl (C=O) groups is 2. The maximum atomic E-state index is 12.7. The van der Waals surface area contributed by atoms with Crippen molar-refractivity contribution in [1.82, 2.24) is 9.88 Å². The number of methoxy groups -OCH3 is 1. The quantitative estimate of drug-likeness (QED) is 0.659. The van der Waals surface area contributed by atoms with E-state index in [1.54, 1.807) is 19.1 Å². The lowest BCUT2D eigenvalue weighted by Gasteiger charge is -2.25. The summed E-state index contributed by atoms with van der Waals surface area (Å²) in [6.07, 6.45) is 2.17. The lowest BCUT2D eigenvalue weighted by atomic mass is 10.1. The summed E-state index contributed by atoms with van der Waals surface area (Å²) in [4.78, 5) is 29.3. The maximum Gasteiger partial charge on any atom is 0.308 e. The fourth-order valence-electron chi connectivity index (χ4n) is 2.07. The third-order valence-electron chi connectivity index (χ3n) is 3.32. The van der Waals surface area contributed by atoms with Crippen LogP contribution in [-0.2, 0) is 9.53 Å². The van der Waals surface area contributed by atoms with E-state index < -0.39 is 11.9 Å². The van der Waals surface area contributed by atoms with Crippen molar-refractivity contribution < 1.29 is 24.2 Å². The Morgan fingerprint density at radius 2 is 2.17 bits per heavy atom. The average Bonchev–Trinajstić information content (AvgIpc) is 2.56. The van der Waals surface area contributed by atoms with Gasteiger partial charge in [0, 0.05) is 32.5 Å². The Hall–Kier alpha value is -2.15. The SMILES string of the molecule is CCOCCCN(CC(C)C(=O)O)C(=O)c1cccnc1OC. The molecule has 0 aromatic carbocycles. The van der Waals surface area contributed by atoms with Crippen molar-refractivity contribution in [2.45, 2.75) is 20.3 Å². The molecule has 1 aromatic rings. The number of carboxylic acids is 1. The molecule has 0 aliphatic carbocycles. The van der Waals surface area contributed by atoms with E-state index in [0.717, 1.165) is 0 Å². The van der Waals surface area contributed by atoms with Crippen LogP contribution in [0.1, 0.15) is 30.6 Å². The van der Waals surface area contributed by atoms with Gasteiger partial charge in [-0.3, -0.25) is 9.59 Å². The number of aliphatic carboxylic acids is 1. The van der Waals surface area contributed by atoms with Crippen molar-refractivity contribution in [2.24, 2.45) is 5.92 Å². The Morgan fingerprint density at radius 3 is 2.78 bits per heavy atom. The summed E-state index contributed by atoms with van der Waals surface area (Å²) in [5, 5.41) is 9.09. The second-order valence-corrected chi connectivity index (χ2v) is 5.10. The third-order valence-corrected chi connectivity index (χ3v) is 3.32. The molecule has 0 saturated carbocycles. The summed E-state index contributed by atoms with van der Waals surface area (Å²) >= 11 is 0. The fourth-order valence-corrected chi connectivity index (χ4v) is 2.07. The number of hydrogen-bond acceptors (Lipinski definition) is 5. The molecule has 0 saturated heterocycles. The van der Waals surface area contributed by atoms with E-state index in [2.05, 4.69) is 4.98 Å². The summed E-state index contributed by atoms with van der Waals surface area (Å²) < 4.78 is 10.4. The molecule has 1 rings (SSSR count). The minimum Gasteiger partial charge on any atom is -0.481 e. The molecule has 1 amide bonds. The van der Waals surface area contributed by atoms with Crippen LogP contribution in [0.25, 0.3) is 0 Å². The van der Waals surface area contributed by atoms with E-state index in [1.165, 1.54) is 18.2 Å². The van der Waals surface area contributed by atoms with Gasteiger partial charge in [-0.15, -0.1) is 0 Å². The predicted molar refractivity (Wildman–Crippen MR) is 84.6 cm³/mol. The van der Waals surface area contributed by atoms with Crippen LogP contribution >= 0.6 is 0 Å². The highest BCUT2D eigenvalue weighted by atomic mass is 16.5. The van der Waals surface area contributed by atoms with Crippen molar-refractivity contribution in [2.75, 3.05) is 33.4 Å². The molecule has 128 valence electrons. The second kappa shape index (κ2) is 9.78. The summed E-state index contributed by atoms with van der Waals surface area (Å²) in [5.41, 5.74) is 0.323. The van der Waals surface area contributed by atoms with Gasteiger partial charge in [-0.05, 0) is 25.5 Å². The summed E-state index contributed by atoms with van der Waals surface area (Å²) in [7, 11) is 1.44. The molecule has 1 atom stereocenters. The number of hydrogen-bond donors (Lipinski definition) is 1. The predicted octanol–water partition coefficient (Wildman–Crippen LogP) is 1.68. The van der Waals surface area contributed by atoms with Gasteiger partial charge in [0.1, 0.15) is 5.56 Å². The summed E-state index contributed by atoms with van der Waals surface area (Å²) in [5.74, 6) is -1.66. The average molecular weight is 324 g/mol. The van der Waals surface area contributed by atoms with E-state index in [9.17, 15) is 9.59 Å². The van der Waals surface area contributed by atoms with Gasteiger partial charge >= 0.3 is 5.97 Å². The molecule has 1 N–H and O–H groups in total. The van der Waals surface area contributed by atoms with Gasteiger partial charge in [0.25, 0.3) is 5.91 Å². The molecule has 0 bridgehead atoms. The highest BCUT2D eigenvalue weighted by Crippen LogP contribution is 2.17. The summed E-state index contributed by atoms with van der Waals surface area (Å²) in [6.45, 7) is 5.14. The van der Waals surface area contributed by atoms with Crippen LogP contribution < -0.4 is 4.74 Å². The summed E-state index contributed by atoms with van der Waals surface area (Å²) in [6, 6.07) is 3.27. The van der Waals surface area contributed by atoms with E-state index >= 15 is 0 Å². The van der Waals surface area contributed by atoms with E-state index in [0.29, 0.717) is 31.7 Å². The lowest BCUT2D eigenvalue weighted by Crippen LogP contribution is -2.38. The first kappa shape index (κ1) is 18.9. The Kier molecular flexibility index (Phi) is 8.04. The number of rotatable bonds is 10. The Bertz CT molecular complexity index is 521. The van der Waals surface area contributed by atoms with Crippen molar-refractivity contribution in [3.63, 3.8) is 0 Å². The lowest BCUT2D eigenvalue weighted by molar-refractivity contribution is -0.141. The van der Waals surface area contributed by atoms with Crippen LogP contribution in [0, 0.1) is 5.92 Å². The zero-order chi connectivity index (χ0) is 17.2. The first-order chi connectivity index (χ1) is 11.0. The van der Waals surface area contributed by atoms with Gasteiger partial charge in [0.2, 0.25) is 5.88 Å². The van der Waals surface area contributed by atoms with Crippen molar-refractivity contribution >= 4 is 11.9 Å². The zero-order valence-corrected chi connectivity index (χ0v) is 13.8. The number of nitrogens with zero attached hydrogens (tertiary/aromatic N) is 2. The highest BCUT2D eigenvalue weighted by Gasteiger charge is 2.24. The van der Waals surface area contributed by atoms with Crippen LogP contribution in [0.2, 0.25) is 0 Å². The minimum atomic E-state index is -0.939. The normalized spacial score (nSPS) is 11.8. The maximum absolute atomic E-state index is 12.7. The number of carbonyl (C=O) groups excluding carboxylic acids is 1. The number of ether oxygens (including phenoxy) is 2. The third kappa shape index (κ3) is 5.86. The molecule has 0 aliphatic heterocycles. The van der Waals surface area contributed by atoms with Crippen LogP contribution in [0.15, 0.2) is 18.3 Å². The zero-order valence-electron chi connectivity index (χ0n) is 13.8. The first-order valence-corrected chi connectivity index (χ1v) is 7.60. The molecular formula is C16H24N2O5. The largest absolute Gasteiger partial charge is 0.481 e. The highest BCUT2D eigenvalue weighted by molar-refractivity contribution is 5.96. The minimum absolute atomic E-state index is 0.123. The van der Waals surface area contributed by atoms with Gasteiger partial charge in [-0.25, -0.2) is 4.98 Å². The van der Waals surface area contributed by atoms with E-state index in [4.69, 9.17) is 14.6 Å². The van der Waals surface area contributed by atoms with E-state index in [1.807, 2.05) is 6.92 Å². The number of amides is 1. The molecule has 1 aromatic heterocycles. The smallest absolute Gasteiger partial charge is 0.308 e. The molecule has 7 nitrogen and oxygen atoms in total. The molecule has 0 radical (unpaired) electrons. The molecule has 7 heteroatoms. The Morgan fingerprint density at radius 1 is 1.43 bits per heavy atom. The van der Waals surface area contributed by atoms with Gasteiger partial charge in [0.05, 0.1) is 13.0 Å². The fraction of sp³-hybridized carbons (Fsp3) is 0.562. The molecule has 1 unspecified atom stereocenters. The monoisotopic (exact) mass is 324 g/mol. The topological polar surface area (TPSA) is 89.0 Å². The second-order valence-electron chi connectivity index (χ2n) is 5.10. The van der Waals surface area contributed by atoms with Crippen molar-refractivity contribution in [3.8, 4) is 5.88 Å². The van der Waals surface area contributed by atoms with Gasteiger partial charge in [-0.1, -0.05) is 6.92 Å². The molecule has 0 aliphatic rings. The van der Waals surface area contributed by atoms with E-state index in [-0.39, 0.29) is 18.3 Å². The number of carboxylic acid groups (broad SMARTS) is 1. The first-order valence-electron chi connectivity index (χ1n) is 7.60. The van der Waals surface area contributed by atoms with Crippen LogP contribution in [0.4, 0.5) is 0 Å². The molecule has 1 heterocycles.